The molecule has 0 aliphatic rings. The lowest BCUT2D eigenvalue weighted by molar-refractivity contribution is -0.127. The molecule has 1 heterocycles. The van der Waals surface area contributed by atoms with Crippen molar-refractivity contribution in [3.63, 3.8) is 0 Å². The van der Waals surface area contributed by atoms with Crippen molar-refractivity contribution in [1.29, 1.82) is 5.26 Å². The first-order valence-corrected chi connectivity index (χ1v) is 9.62. The summed E-state index contributed by atoms with van der Waals surface area (Å²) in [6.07, 6.45) is 2.70. The number of ether oxygens (including phenoxy) is 3. The number of nitrogens with zero attached hydrogens (tertiary/aromatic N) is 3. The Balaban J connectivity index is 1.86. The minimum absolute atomic E-state index is 0.320. The normalized spacial score (nSPS) is 12.4. The Morgan fingerprint density at radius 1 is 1.10 bits per heavy atom. The maximum absolute atomic E-state index is 13.0. The molecule has 0 saturated heterocycles. The Bertz CT molecular complexity index is 1060. The topological polar surface area (TPSA) is 98.4 Å². The molecule has 8 nitrogen and oxygen atoms in total. The quantitative estimate of drug-likeness (QED) is 0.602. The summed E-state index contributed by atoms with van der Waals surface area (Å²) in [5.41, 5.74) is 1.27. The van der Waals surface area contributed by atoms with E-state index >= 15 is 0 Å². The van der Waals surface area contributed by atoms with Crippen LogP contribution in [0.15, 0.2) is 54.9 Å². The molecule has 1 aromatic heterocycles. The summed E-state index contributed by atoms with van der Waals surface area (Å²) in [6, 6.07) is 13.5. The molecule has 31 heavy (non-hydrogen) atoms. The minimum Gasteiger partial charge on any atom is -0.497 e. The van der Waals surface area contributed by atoms with E-state index in [1.807, 2.05) is 36.0 Å². The number of imidazole rings is 1. The van der Waals surface area contributed by atoms with Crippen LogP contribution in [0, 0.1) is 11.3 Å². The molecule has 1 N–H and O–H groups in total. The second-order valence-corrected chi connectivity index (χ2v) is 6.88. The zero-order valence-electron chi connectivity index (χ0n) is 17.8. The van der Waals surface area contributed by atoms with E-state index in [9.17, 15) is 4.79 Å². The first kappa shape index (κ1) is 21.7. The standard InChI is InChI=1S/C23H24N4O4/c1-15(31-18-7-5-16(14-24)6-8-18)23(28)26-21(22-25-9-10-27(22)2)17-11-19(29-3)13-20(12-17)30-4/h5-13,15,21H,1-4H3,(H,26,28). The number of nitrogens with one attached hydrogen (secondary N) is 1. The summed E-state index contributed by atoms with van der Waals surface area (Å²) < 4.78 is 18.3. The van der Waals surface area contributed by atoms with Crippen LogP contribution in [0.3, 0.4) is 0 Å². The number of methoxy groups -OCH3 is 2. The van der Waals surface area contributed by atoms with Gasteiger partial charge in [0.15, 0.2) is 6.10 Å². The van der Waals surface area contributed by atoms with Gasteiger partial charge in [0.1, 0.15) is 29.1 Å². The van der Waals surface area contributed by atoms with Crippen molar-refractivity contribution in [2.24, 2.45) is 7.05 Å². The number of nitriles is 1. The van der Waals surface area contributed by atoms with Crippen molar-refractivity contribution >= 4 is 5.91 Å². The van der Waals surface area contributed by atoms with Gasteiger partial charge in [-0.05, 0) is 48.9 Å². The van der Waals surface area contributed by atoms with Crippen molar-refractivity contribution < 1.29 is 19.0 Å². The number of aromatic nitrogens is 2. The number of rotatable bonds is 8. The lowest BCUT2D eigenvalue weighted by Gasteiger charge is -2.23. The predicted octanol–water partition coefficient (Wildman–Crippen LogP) is 2.98. The van der Waals surface area contributed by atoms with Gasteiger partial charge in [-0.25, -0.2) is 4.98 Å². The van der Waals surface area contributed by atoms with Crippen molar-refractivity contribution in [3.05, 3.63) is 71.8 Å². The fraction of sp³-hybridized carbons (Fsp3) is 0.261. The van der Waals surface area contributed by atoms with E-state index in [2.05, 4.69) is 10.3 Å². The van der Waals surface area contributed by atoms with Crippen LogP contribution in [0.1, 0.15) is 29.9 Å². The van der Waals surface area contributed by atoms with Gasteiger partial charge in [-0.2, -0.15) is 5.26 Å². The number of hydrogen-bond acceptors (Lipinski definition) is 6. The summed E-state index contributed by atoms with van der Waals surface area (Å²) in [4.78, 5) is 17.4. The average molecular weight is 420 g/mol. The SMILES string of the molecule is COc1cc(OC)cc(C(NC(=O)C(C)Oc2ccc(C#N)cc2)c2nccn2C)c1. The van der Waals surface area contributed by atoms with Crippen molar-refractivity contribution in [1.82, 2.24) is 14.9 Å². The van der Waals surface area contributed by atoms with Gasteiger partial charge >= 0.3 is 0 Å². The van der Waals surface area contributed by atoms with Crippen molar-refractivity contribution in [3.8, 4) is 23.3 Å². The molecule has 0 saturated carbocycles. The first-order chi connectivity index (χ1) is 14.9. The molecule has 0 spiro atoms. The highest BCUT2D eigenvalue weighted by Gasteiger charge is 2.25. The van der Waals surface area contributed by atoms with E-state index in [1.54, 1.807) is 57.7 Å². The Kier molecular flexibility index (Phi) is 6.78. The molecule has 2 aromatic carbocycles. The van der Waals surface area contributed by atoms with Crippen molar-refractivity contribution in [2.45, 2.75) is 19.1 Å². The Labute approximate surface area is 181 Å². The smallest absolute Gasteiger partial charge is 0.261 e. The molecule has 0 radical (unpaired) electrons. The lowest BCUT2D eigenvalue weighted by Crippen LogP contribution is -2.39. The highest BCUT2D eigenvalue weighted by atomic mass is 16.5. The Morgan fingerprint density at radius 3 is 2.26 bits per heavy atom. The summed E-state index contributed by atoms with van der Waals surface area (Å²) in [5.74, 6) is 2.03. The summed E-state index contributed by atoms with van der Waals surface area (Å²) in [6.45, 7) is 1.66. The molecule has 2 unspecified atom stereocenters. The van der Waals surface area contributed by atoms with Gasteiger partial charge < -0.3 is 24.1 Å². The van der Waals surface area contributed by atoms with Crippen LogP contribution in [-0.4, -0.2) is 35.8 Å². The zero-order chi connectivity index (χ0) is 22.4. The summed E-state index contributed by atoms with van der Waals surface area (Å²) in [7, 11) is 5.00. The third-order valence-electron chi connectivity index (χ3n) is 4.78. The van der Waals surface area contributed by atoms with Gasteiger partial charge in [-0.3, -0.25) is 4.79 Å². The Hall–Kier alpha value is -3.99. The number of carbonyl (C=O) groups excluding carboxylic acids is 1. The van der Waals surface area contributed by atoms with Gasteiger partial charge in [0.2, 0.25) is 0 Å². The highest BCUT2D eigenvalue weighted by Crippen LogP contribution is 2.29. The maximum atomic E-state index is 13.0. The van der Waals surface area contributed by atoms with E-state index in [1.165, 1.54) is 0 Å². The van der Waals surface area contributed by atoms with Crippen LogP contribution in [0.25, 0.3) is 0 Å². The zero-order valence-corrected chi connectivity index (χ0v) is 17.8. The number of amides is 1. The van der Waals surface area contributed by atoms with Gasteiger partial charge in [0.05, 0.1) is 25.9 Å². The van der Waals surface area contributed by atoms with Gasteiger partial charge in [-0.15, -0.1) is 0 Å². The lowest BCUT2D eigenvalue weighted by atomic mass is 10.0. The number of hydrogen-bond donors (Lipinski definition) is 1. The molecule has 2 atom stereocenters. The molecule has 0 aliphatic heterocycles. The van der Waals surface area contributed by atoms with Gasteiger partial charge in [0, 0.05) is 25.5 Å². The van der Waals surface area contributed by atoms with Crippen LogP contribution in [0.2, 0.25) is 0 Å². The molecule has 0 fully saturated rings. The van der Waals surface area contributed by atoms with E-state index < -0.39 is 12.1 Å². The van der Waals surface area contributed by atoms with E-state index in [0.29, 0.717) is 28.6 Å². The van der Waals surface area contributed by atoms with Gasteiger partial charge in [0.25, 0.3) is 5.91 Å². The Morgan fingerprint density at radius 2 is 1.74 bits per heavy atom. The molecule has 0 bridgehead atoms. The van der Waals surface area contributed by atoms with E-state index in [0.717, 1.165) is 5.56 Å². The van der Waals surface area contributed by atoms with E-state index in [4.69, 9.17) is 19.5 Å². The average Bonchev–Trinajstić information content (AvgIpc) is 3.22. The molecule has 8 heteroatoms. The monoisotopic (exact) mass is 420 g/mol. The fourth-order valence-corrected chi connectivity index (χ4v) is 3.07. The van der Waals surface area contributed by atoms with Crippen LogP contribution >= 0.6 is 0 Å². The maximum Gasteiger partial charge on any atom is 0.261 e. The van der Waals surface area contributed by atoms with Crippen LogP contribution in [0.4, 0.5) is 0 Å². The molecule has 160 valence electrons. The molecule has 1 amide bonds. The second-order valence-electron chi connectivity index (χ2n) is 6.88. The van der Waals surface area contributed by atoms with Crippen LogP contribution in [-0.2, 0) is 11.8 Å². The molecule has 3 aromatic rings. The summed E-state index contributed by atoms with van der Waals surface area (Å²) >= 11 is 0. The molecule has 0 aliphatic carbocycles. The number of carbonyl (C=O) groups is 1. The van der Waals surface area contributed by atoms with E-state index in [-0.39, 0.29) is 5.91 Å². The van der Waals surface area contributed by atoms with Crippen molar-refractivity contribution in [2.75, 3.05) is 14.2 Å². The predicted molar refractivity (Wildman–Crippen MR) is 114 cm³/mol. The second kappa shape index (κ2) is 9.67. The molecular formula is C23H24N4O4. The number of aryl methyl sites for hydroxylation is 1. The van der Waals surface area contributed by atoms with Gasteiger partial charge in [-0.1, -0.05) is 0 Å². The molecular weight excluding hydrogens is 396 g/mol. The number of benzene rings is 2. The highest BCUT2D eigenvalue weighted by molar-refractivity contribution is 5.81. The van der Waals surface area contributed by atoms with Crippen LogP contribution < -0.4 is 19.5 Å². The molecule has 3 rings (SSSR count). The van der Waals surface area contributed by atoms with Crippen LogP contribution in [0.5, 0.6) is 17.2 Å². The minimum atomic E-state index is -0.775. The third kappa shape index (κ3) is 5.14. The largest absolute Gasteiger partial charge is 0.497 e. The summed E-state index contributed by atoms with van der Waals surface area (Å²) in [5, 5.41) is 11.9. The third-order valence-corrected chi connectivity index (χ3v) is 4.78. The first-order valence-electron chi connectivity index (χ1n) is 9.62. The fourth-order valence-electron chi connectivity index (χ4n) is 3.07.